The molecule has 0 amide bonds. The summed E-state index contributed by atoms with van der Waals surface area (Å²) in [6.07, 6.45) is 9.59. The highest BCUT2D eigenvalue weighted by molar-refractivity contribution is 5.89. The Balaban J connectivity index is 2.05. The number of methoxy groups -OCH3 is 1. The van der Waals surface area contributed by atoms with Crippen LogP contribution in [-0.2, 0) is 0 Å². The molecule has 0 aliphatic rings. The van der Waals surface area contributed by atoms with E-state index in [9.17, 15) is 4.79 Å². The SMILES string of the molecule is CCCCCCCCCCOc1c(OC(C)C)c2cccc(OC)c2oc1=O. The predicted molar refractivity (Wildman–Crippen MR) is 113 cm³/mol. The Morgan fingerprint density at radius 2 is 1.64 bits per heavy atom. The van der Waals surface area contributed by atoms with E-state index < -0.39 is 5.63 Å². The smallest absolute Gasteiger partial charge is 0.383 e. The van der Waals surface area contributed by atoms with Crippen LogP contribution in [0.3, 0.4) is 0 Å². The fourth-order valence-corrected chi connectivity index (χ4v) is 3.20. The number of ether oxygens (including phenoxy) is 3. The summed E-state index contributed by atoms with van der Waals surface area (Å²) < 4.78 is 22.6. The van der Waals surface area contributed by atoms with Crippen LogP contribution >= 0.6 is 0 Å². The van der Waals surface area contributed by atoms with Crippen LogP contribution in [0.5, 0.6) is 17.2 Å². The summed E-state index contributed by atoms with van der Waals surface area (Å²) in [6.45, 7) is 6.55. The van der Waals surface area contributed by atoms with Crippen molar-refractivity contribution >= 4 is 11.0 Å². The zero-order valence-electron chi connectivity index (χ0n) is 17.7. The van der Waals surface area contributed by atoms with Crippen LogP contribution in [0.25, 0.3) is 11.0 Å². The highest BCUT2D eigenvalue weighted by Gasteiger charge is 2.20. The zero-order chi connectivity index (χ0) is 20.4. The van der Waals surface area contributed by atoms with Crippen molar-refractivity contribution in [2.24, 2.45) is 0 Å². The van der Waals surface area contributed by atoms with Gasteiger partial charge in [0.1, 0.15) is 0 Å². The number of para-hydroxylation sites is 1. The number of rotatable bonds is 13. The van der Waals surface area contributed by atoms with Crippen molar-refractivity contribution in [3.05, 3.63) is 28.6 Å². The van der Waals surface area contributed by atoms with Gasteiger partial charge in [0.15, 0.2) is 17.1 Å². The van der Waals surface area contributed by atoms with Crippen LogP contribution in [-0.4, -0.2) is 19.8 Å². The van der Waals surface area contributed by atoms with Crippen LogP contribution in [0, 0.1) is 0 Å². The van der Waals surface area contributed by atoms with Crippen molar-refractivity contribution in [3.8, 4) is 17.2 Å². The second-order valence-electron chi connectivity index (χ2n) is 7.37. The topological polar surface area (TPSA) is 57.9 Å². The fourth-order valence-electron chi connectivity index (χ4n) is 3.20. The van der Waals surface area contributed by atoms with Crippen molar-refractivity contribution in [1.29, 1.82) is 0 Å². The molecule has 0 saturated heterocycles. The van der Waals surface area contributed by atoms with Gasteiger partial charge in [-0.25, -0.2) is 4.79 Å². The standard InChI is InChI=1S/C23H34O5/c1-5-6-7-8-9-10-11-12-16-26-22-21(27-17(2)3)18-14-13-15-19(25-4)20(18)28-23(22)24/h13-15,17H,5-12,16H2,1-4H3. The Bertz CT molecular complexity index is 778. The molecule has 0 atom stereocenters. The summed E-state index contributed by atoms with van der Waals surface area (Å²) in [5.41, 5.74) is -0.155. The van der Waals surface area contributed by atoms with Crippen LogP contribution in [0.1, 0.15) is 72.1 Å². The highest BCUT2D eigenvalue weighted by atomic mass is 16.5. The molecule has 5 heteroatoms. The largest absolute Gasteiger partial charge is 0.493 e. The Morgan fingerprint density at radius 3 is 2.29 bits per heavy atom. The molecule has 28 heavy (non-hydrogen) atoms. The second kappa shape index (κ2) is 11.6. The predicted octanol–water partition coefficient (Wildman–Crippen LogP) is 6.11. The second-order valence-corrected chi connectivity index (χ2v) is 7.37. The van der Waals surface area contributed by atoms with Crippen molar-refractivity contribution in [2.75, 3.05) is 13.7 Å². The maximum Gasteiger partial charge on any atom is 0.383 e. The van der Waals surface area contributed by atoms with Crippen molar-refractivity contribution < 1.29 is 18.6 Å². The lowest BCUT2D eigenvalue weighted by Crippen LogP contribution is -2.14. The molecule has 0 N–H and O–H groups in total. The molecule has 0 unspecified atom stereocenters. The van der Waals surface area contributed by atoms with Crippen molar-refractivity contribution in [3.63, 3.8) is 0 Å². The lowest BCUT2D eigenvalue weighted by atomic mass is 10.1. The van der Waals surface area contributed by atoms with E-state index in [4.69, 9.17) is 18.6 Å². The van der Waals surface area contributed by atoms with E-state index >= 15 is 0 Å². The summed E-state index contributed by atoms with van der Waals surface area (Å²) >= 11 is 0. The summed E-state index contributed by atoms with van der Waals surface area (Å²) in [5.74, 6) is 1.08. The molecular weight excluding hydrogens is 356 g/mol. The average molecular weight is 391 g/mol. The first-order chi connectivity index (χ1) is 13.6. The molecular formula is C23H34O5. The minimum atomic E-state index is -0.535. The van der Waals surface area contributed by atoms with Crippen molar-refractivity contribution in [1.82, 2.24) is 0 Å². The first-order valence-corrected chi connectivity index (χ1v) is 10.5. The molecule has 2 aromatic rings. The number of hydrogen-bond acceptors (Lipinski definition) is 5. The molecule has 1 aromatic heterocycles. The molecule has 0 saturated carbocycles. The number of hydrogen-bond donors (Lipinski definition) is 0. The lowest BCUT2D eigenvalue weighted by molar-refractivity contribution is 0.216. The molecule has 0 aliphatic heterocycles. The van der Waals surface area contributed by atoms with Crippen LogP contribution in [0.2, 0.25) is 0 Å². The minimum Gasteiger partial charge on any atom is -0.493 e. The molecule has 0 radical (unpaired) electrons. The number of fused-ring (bicyclic) bond motifs is 1. The average Bonchev–Trinajstić information content (AvgIpc) is 2.67. The number of benzene rings is 1. The molecule has 1 heterocycles. The van der Waals surface area contributed by atoms with Crippen LogP contribution in [0.4, 0.5) is 0 Å². The van der Waals surface area contributed by atoms with Crippen molar-refractivity contribution in [2.45, 2.75) is 78.2 Å². The first-order valence-electron chi connectivity index (χ1n) is 10.5. The third-order valence-electron chi connectivity index (χ3n) is 4.63. The van der Waals surface area contributed by atoms with Gasteiger partial charge in [0.25, 0.3) is 0 Å². The summed E-state index contributed by atoms with van der Waals surface area (Å²) in [6, 6.07) is 5.45. The van der Waals surface area contributed by atoms with E-state index in [1.54, 1.807) is 13.2 Å². The van der Waals surface area contributed by atoms with E-state index in [2.05, 4.69) is 6.92 Å². The van der Waals surface area contributed by atoms with Gasteiger partial charge >= 0.3 is 5.63 Å². The highest BCUT2D eigenvalue weighted by Crippen LogP contribution is 2.37. The quantitative estimate of drug-likeness (QED) is 0.305. The van der Waals surface area contributed by atoms with Gasteiger partial charge in [-0.05, 0) is 32.4 Å². The first kappa shape index (κ1) is 22.1. The van der Waals surface area contributed by atoms with E-state index in [0.29, 0.717) is 29.1 Å². The third-order valence-corrected chi connectivity index (χ3v) is 4.63. The minimum absolute atomic E-state index is 0.0957. The van der Waals surface area contributed by atoms with E-state index in [-0.39, 0.29) is 11.9 Å². The van der Waals surface area contributed by atoms with Gasteiger partial charge in [-0.2, -0.15) is 0 Å². The molecule has 0 spiro atoms. The van der Waals surface area contributed by atoms with Gasteiger partial charge in [0.2, 0.25) is 5.75 Å². The maximum atomic E-state index is 12.5. The molecule has 5 nitrogen and oxygen atoms in total. The van der Waals surface area contributed by atoms with Crippen LogP contribution < -0.4 is 19.8 Å². The maximum absolute atomic E-state index is 12.5. The third kappa shape index (κ3) is 6.18. The van der Waals surface area contributed by atoms with Crippen LogP contribution in [0.15, 0.2) is 27.4 Å². The van der Waals surface area contributed by atoms with E-state index in [0.717, 1.165) is 12.8 Å². The summed E-state index contributed by atoms with van der Waals surface area (Å²) in [4.78, 5) is 12.5. The monoisotopic (exact) mass is 390 g/mol. The van der Waals surface area contributed by atoms with Gasteiger partial charge in [-0.1, -0.05) is 57.9 Å². The Hall–Kier alpha value is -2.17. The molecule has 0 fully saturated rings. The van der Waals surface area contributed by atoms with Gasteiger partial charge in [-0.15, -0.1) is 0 Å². The van der Waals surface area contributed by atoms with Gasteiger partial charge in [-0.3, -0.25) is 0 Å². The zero-order valence-corrected chi connectivity index (χ0v) is 17.7. The van der Waals surface area contributed by atoms with E-state index in [1.807, 2.05) is 26.0 Å². The molecule has 0 aliphatic carbocycles. The lowest BCUT2D eigenvalue weighted by Gasteiger charge is -2.16. The van der Waals surface area contributed by atoms with E-state index in [1.165, 1.54) is 38.5 Å². The normalized spacial score (nSPS) is 11.2. The van der Waals surface area contributed by atoms with Gasteiger partial charge in [0, 0.05) is 0 Å². The summed E-state index contributed by atoms with van der Waals surface area (Å²) in [5, 5.41) is 0.679. The molecule has 0 bridgehead atoms. The Labute approximate surface area is 168 Å². The summed E-state index contributed by atoms with van der Waals surface area (Å²) in [7, 11) is 1.55. The molecule has 156 valence electrons. The Morgan fingerprint density at radius 1 is 0.964 bits per heavy atom. The molecule has 2 rings (SSSR count). The fraction of sp³-hybridized carbons (Fsp3) is 0.609. The Kier molecular flexibility index (Phi) is 9.18. The molecule has 1 aromatic carbocycles. The van der Waals surface area contributed by atoms with Gasteiger partial charge in [0.05, 0.1) is 25.2 Å². The van der Waals surface area contributed by atoms with Gasteiger partial charge < -0.3 is 18.6 Å². The number of unbranched alkanes of at least 4 members (excludes halogenated alkanes) is 7.